The van der Waals surface area contributed by atoms with Gasteiger partial charge >= 0.3 is 0 Å². The van der Waals surface area contributed by atoms with Gasteiger partial charge < -0.3 is 10.0 Å². The molecular formula is C16H18ClNO. The Morgan fingerprint density at radius 3 is 2.32 bits per heavy atom. The maximum Gasteiger partial charge on any atom is 0.104 e. The molecule has 0 aliphatic carbocycles. The van der Waals surface area contributed by atoms with E-state index in [4.69, 9.17) is 11.6 Å². The molecule has 2 aromatic rings. The van der Waals surface area contributed by atoms with Crippen LogP contribution in [0.25, 0.3) is 0 Å². The van der Waals surface area contributed by atoms with E-state index >= 15 is 0 Å². The third-order valence-electron chi connectivity index (χ3n) is 3.02. The van der Waals surface area contributed by atoms with Crippen LogP contribution >= 0.6 is 11.6 Å². The number of benzene rings is 2. The van der Waals surface area contributed by atoms with Gasteiger partial charge in [-0.15, -0.1) is 0 Å². The van der Waals surface area contributed by atoms with Crippen molar-refractivity contribution in [3.05, 3.63) is 70.2 Å². The Balaban J connectivity index is 2.32. The number of hydrogen-bond donors (Lipinski definition) is 1. The van der Waals surface area contributed by atoms with E-state index in [2.05, 4.69) is 11.0 Å². The summed E-state index contributed by atoms with van der Waals surface area (Å²) in [5.74, 6) is 0. The van der Waals surface area contributed by atoms with Crippen molar-refractivity contribution in [1.29, 1.82) is 0 Å². The highest BCUT2D eigenvalue weighted by atomic mass is 35.5. The Bertz CT molecular complexity index is 537. The topological polar surface area (TPSA) is 23.5 Å². The Morgan fingerprint density at radius 2 is 1.68 bits per heavy atom. The maximum absolute atomic E-state index is 10.5. The molecule has 0 aromatic heterocycles. The third kappa shape index (κ3) is 3.57. The molecule has 0 aliphatic rings. The first-order chi connectivity index (χ1) is 9.08. The monoisotopic (exact) mass is 275 g/mol. The SMILES string of the molecule is CN(C)Cc1ccccc1C(O)c1ccc(Cl)cc1. The molecular weight excluding hydrogens is 258 g/mol. The van der Waals surface area contributed by atoms with E-state index in [9.17, 15) is 5.11 Å². The van der Waals surface area contributed by atoms with Crippen LogP contribution in [0.2, 0.25) is 5.02 Å². The van der Waals surface area contributed by atoms with Crippen LogP contribution in [0.4, 0.5) is 0 Å². The molecule has 100 valence electrons. The molecule has 2 nitrogen and oxygen atoms in total. The summed E-state index contributed by atoms with van der Waals surface area (Å²) >= 11 is 5.87. The fourth-order valence-corrected chi connectivity index (χ4v) is 2.24. The summed E-state index contributed by atoms with van der Waals surface area (Å²) in [7, 11) is 4.04. The van der Waals surface area contributed by atoms with Crippen molar-refractivity contribution in [1.82, 2.24) is 4.90 Å². The maximum atomic E-state index is 10.5. The molecule has 2 rings (SSSR count). The Morgan fingerprint density at radius 1 is 1.05 bits per heavy atom. The molecule has 0 saturated carbocycles. The van der Waals surface area contributed by atoms with Crippen LogP contribution in [0.1, 0.15) is 22.8 Å². The van der Waals surface area contributed by atoms with Crippen LogP contribution < -0.4 is 0 Å². The lowest BCUT2D eigenvalue weighted by atomic mass is 9.96. The minimum Gasteiger partial charge on any atom is -0.384 e. The predicted molar refractivity (Wildman–Crippen MR) is 79.3 cm³/mol. The van der Waals surface area contributed by atoms with Gasteiger partial charge in [0.1, 0.15) is 6.10 Å². The van der Waals surface area contributed by atoms with Gasteiger partial charge in [-0.3, -0.25) is 0 Å². The van der Waals surface area contributed by atoms with Gasteiger partial charge in [-0.1, -0.05) is 48.0 Å². The molecule has 0 amide bonds. The number of aliphatic hydroxyl groups is 1. The standard InChI is InChI=1S/C16H18ClNO/c1-18(2)11-13-5-3-4-6-15(13)16(19)12-7-9-14(17)10-8-12/h3-10,16,19H,11H2,1-2H3. The summed E-state index contributed by atoms with van der Waals surface area (Å²) in [6.07, 6.45) is -0.617. The van der Waals surface area contributed by atoms with E-state index in [0.29, 0.717) is 5.02 Å². The predicted octanol–water partition coefficient (Wildman–Crippen LogP) is 3.48. The van der Waals surface area contributed by atoms with E-state index in [1.807, 2.05) is 44.4 Å². The molecule has 2 aromatic carbocycles. The van der Waals surface area contributed by atoms with Crippen molar-refractivity contribution in [2.45, 2.75) is 12.6 Å². The second-order valence-corrected chi connectivity index (χ2v) is 5.33. The minimum absolute atomic E-state index is 0.617. The van der Waals surface area contributed by atoms with Gasteiger partial charge in [0, 0.05) is 11.6 Å². The van der Waals surface area contributed by atoms with Crippen LogP contribution in [-0.2, 0) is 6.54 Å². The summed E-state index contributed by atoms with van der Waals surface area (Å²) in [5, 5.41) is 11.2. The highest BCUT2D eigenvalue weighted by molar-refractivity contribution is 6.30. The summed E-state index contributed by atoms with van der Waals surface area (Å²) in [6.45, 7) is 0.806. The highest BCUT2D eigenvalue weighted by Gasteiger charge is 2.14. The Kier molecular flexibility index (Phi) is 4.59. The first-order valence-corrected chi connectivity index (χ1v) is 6.62. The van der Waals surface area contributed by atoms with E-state index in [-0.39, 0.29) is 0 Å². The van der Waals surface area contributed by atoms with Crippen LogP contribution in [0, 0.1) is 0 Å². The fourth-order valence-electron chi connectivity index (χ4n) is 2.11. The lowest BCUT2D eigenvalue weighted by Gasteiger charge is -2.18. The summed E-state index contributed by atoms with van der Waals surface area (Å²) in [5.41, 5.74) is 2.93. The largest absolute Gasteiger partial charge is 0.384 e. The zero-order valence-corrected chi connectivity index (χ0v) is 11.9. The molecule has 0 fully saturated rings. The van der Waals surface area contributed by atoms with Gasteiger partial charge in [-0.2, -0.15) is 0 Å². The zero-order valence-electron chi connectivity index (χ0n) is 11.2. The number of rotatable bonds is 4. The number of aliphatic hydroxyl groups excluding tert-OH is 1. The molecule has 19 heavy (non-hydrogen) atoms. The molecule has 0 saturated heterocycles. The molecule has 0 spiro atoms. The van der Waals surface area contributed by atoms with Gasteiger partial charge in [-0.25, -0.2) is 0 Å². The summed E-state index contributed by atoms with van der Waals surface area (Å²) < 4.78 is 0. The molecule has 0 radical (unpaired) electrons. The van der Waals surface area contributed by atoms with Gasteiger partial charge in [0.05, 0.1) is 0 Å². The Labute approximate surface area is 119 Å². The Hall–Kier alpha value is -1.35. The molecule has 1 atom stereocenters. The number of hydrogen-bond acceptors (Lipinski definition) is 2. The fraction of sp³-hybridized carbons (Fsp3) is 0.250. The average molecular weight is 276 g/mol. The van der Waals surface area contributed by atoms with E-state index in [0.717, 1.165) is 23.2 Å². The average Bonchev–Trinajstić information content (AvgIpc) is 2.39. The highest BCUT2D eigenvalue weighted by Crippen LogP contribution is 2.26. The third-order valence-corrected chi connectivity index (χ3v) is 3.27. The van der Waals surface area contributed by atoms with Crippen molar-refractivity contribution in [2.24, 2.45) is 0 Å². The van der Waals surface area contributed by atoms with Crippen molar-refractivity contribution in [3.8, 4) is 0 Å². The molecule has 1 N–H and O–H groups in total. The van der Waals surface area contributed by atoms with Gasteiger partial charge in [-0.05, 0) is 42.9 Å². The van der Waals surface area contributed by atoms with Crippen LogP contribution in [0.5, 0.6) is 0 Å². The smallest absolute Gasteiger partial charge is 0.104 e. The lowest BCUT2D eigenvalue weighted by molar-refractivity contribution is 0.217. The van der Waals surface area contributed by atoms with Gasteiger partial charge in [0.15, 0.2) is 0 Å². The van der Waals surface area contributed by atoms with Crippen molar-refractivity contribution in [3.63, 3.8) is 0 Å². The van der Waals surface area contributed by atoms with Gasteiger partial charge in [0.25, 0.3) is 0 Å². The van der Waals surface area contributed by atoms with Crippen molar-refractivity contribution in [2.75, 3.05) is 14.1 Å². The normalized spacial score (nSPS) is 12.7. The van der Waals surface area contributed by atoms with Crippen molar-refractivity contribution >= 4 is 11.6 Å². The van der Waals surface area contributed by atoms with E-state index in [1.165, 1.54) is 0 Å². The molecule has 0 aliphatic heterocycles. The quantitative estimate of drug-likeness (QED) is 0.923. The van der Waals surface area contributed by atoms with E-state index < -0.39 is 6.10 Å². The van der Waals surface area contributed by atoms with Crippen LogP contribution in [0.3, 0.4) is 0 Å². The molecule has 3 heteroatoms. The van der Waals surface area contributed by atoms with Gasteiger partial charge in [0.2, 0.25) is 0 Å². The summed E-state index contributed by atoms with van der Waals surface area (Å²) in [4.78, 5) is 2.09. The molecule has 0 heterocycles. The van der Waals surface area contributed by atoms with Crippen LogP contribution in [-0.4, -0.2) is 24.1 Å². The molecule has 1 unspecified atom stereocenters. The number of nitrogens with zero attached hydrogens (tertiary/aromatic N) is 1. The second-order valence-electron chi connectivity index (χ2n) is 4.89. The van der Waals surface area contributed by atoms with Crippen LogP contribution in [0.15, 0.2) is 48.5 Å². The minimum atomic E-state index is -0.617. The first-order valence-electron chi connectivity index (χ1n) is 6.24. The second kappa shape index (κ2) is 6.20. The summed E-state index contributed by atoms with van der Waals surface area (Å²) in [6, 6.07) is 15.3. The zero-order chi connectivity index (χ0) is 13.8. The lowest BCUT2D eigenvalue weighted by Crippen LogP contribution is -2.14. The number of halogens is 1. The van der Waals surface area contributed by atoms with Crippen molar-refractivity contribution < 1.29 is 5.11 Å². The van der Waals surface area contributed by atoms with E-state index in [1.54, 1.807) is 12.1 Å². The molecule has 0 bridgehead atoms. The first kappa shape index (κ1) is 14.1.